The minimum atomic E-state index is -0.617. The van der Waals surface area contributed by atoms with E-state index >= 15 is 0 Å². The van der Waals surface area contributed by atoms with E-state index in [4.69, 9.17) is 14.0 Å². The van der Waals surface area contributed by atoms with Crippen LogP contribution in [0.5, 0.6) is 0 Å². The minimum Gasteiger partial charge on any atom is -0.345 e. The molecular formula is C13H17N3O3. The first-order valence-corrected chi connectivity index (χ1v) is 6.24. The van der Waals surface area contributed by atoms with Crippen molar-refractivity contribution < 1.29 is 14.0 Å². The molecule has 0 N–H and O–H groups in total. The molecule has 6 heteroatoms. The molecule has 0 saturated heterocycles. The fourth-order valence-corrected chi connectivity index (χ4v) is 1.63. The van der Waals surface area contributed by atoms with Gasteiger partial charge in [-0.3, -0.25) is 4.98 Å². The predicted octanol–water partition coefficient (Wildman–Crippen LogP) is 2.51. The Morgan fingerprint density at radius 2 is 2.00 bits per heavy atom. The van der Waals surface area contributed by atoms with Crippen LogP contribution in [0.4, 0.5) is 0 Å². The quantitative estimate of drug-likeness (QED) is 0.746. The Morgan fingerprint density at radius 3 is 2.63 bits per heavy atom. The predicted molar refractivity (Wildman–Crippen MR) is 68.3 cm³/mol. The van der Waals surface area contributed by atoms with Crippen molar-refractivity contribution in [2.75, 3.05) is 13.2 Å². The van der Waals surface area contributed by atoms with Crippen molar-refractivity contribution in [2.45, 2.75) is 27.1 Å². The molecule has 19 heavy (non-hydrogen) atoms. The number of hydrogen-bond acceptors (Lipinski definition) is 6. The zero-order valence-corrected chi connectivity index (χ0v) is 11.3. The van der Waals surface area contributed by atoms with Gasteiger partial charge in [-0.2, -0.15) is 4.98 Å². The van der Waals surface area contributed by atoms with Crippen LogP contribution in [0.2, 0.25) is 0 Å². The van der Waals surface area contributed by atoms with Crippen molar-refractivity contribution in [1.29, 1.82) is 0 Å². The zero-order valence-electron chi connectivity index (χ0n) is 11.3. The molecule has 0 atom stereocenters. The van der Waals surface area contributed by atoms with Crippen LogP contribution in [-0.4, -0.2) is 28.3 Å². The number of pyridine rings is 1. The highest BCUT2D eigenvalue weighted by Gasteiger charge is 2.20. The van der Waals surface area contributed by atoms with Gasteiger partial charge < -0.3 is 14.0 Å². The number of aryl methyl sites for hydroxylation is 1. The van der Waals surface area contributed by atoms with E-state index < -0.39 is 6.29 Å². The molecule has 0 bridgehead atoms. The summed E-state index contributed by atoms with van der Waals surface area (Å²) in [6.45, 7) is 6.75. The van der Waals surface area contributed by atoms with E-state index in [0.717, 1.165) is 11.1 Å². The highest BCUT2D eigenvalue weighted by molar-refractivity contribution is 5.57. The monoisotopic (exact) mass is 263 g/mol. The standard InChI is InChI=1S/C13H17N3O3/c1-4-17-13(18-5-2)12-15-11(16-19-12)10-8-14-7-6-9(10)3/h6-8,13H,4-5H2,1-3H3. The molecule has 0 aliphatic rings. The highest BCUT2D eigenvalue weighted by atomic mass is 16.7. The maximum atomic E-state index is 5.41. The van der Waals surface area contributed by atoms with Crippen molar-refractivity contribution in [3.05, 3.63) is 29.9 Å². The van der Waals surface area contributed by atoms with Gasteiger partial charge in [0.25, 0.3) is 5.89 Å². The second-order valence-corrected chi connectivity index (χ2v) is 3.89. The van der Waals surface area contributed by atoms with E-state index in [1.54, 1.807) is 12.4 Å². The number of ether oxygens (including phenoxy) is 2. The van der Waals surface area contributed by atoms with Gasteiger partial charge in [0.1, 0.15) is 0 Å². The third-order valence-corrected chi connectivity index (χ3v) is 2.56. The Labute approximate surface area is 111 Å². The van der Waals surface area contributed by atoms with Crippen molar-refractivity contribution in [1.82, 2.24) is 15.1 Å². The summed E-state index contributed by atoms with van der Waals surface area (Å²) >= 11 is 0. The first-order valence-electron chi connectivity index (χ1n) is 6.24. The van der Waals surface area contributed by atoms with Gasteiger partial charge in [-0.25, -0.2) is 0 Å². The van der Waals surface area contributed by atoms with Crippen LogP contribution in [-0.2, 0) is 9.47 Å². The molecule has 102 valence electrons. The van der Waals surface area contributed by atoms with Gasteiger partial charge in [0.2, 0.25) is 12.1 Å². The smallest absolute Gasteiger partial charge is 0.283 e. The summed E-state index contributed by atoms with van der Waals surface area (Å²) in [7, 11) is 0. The van der Waals surface area contributed by atoms with E-state index in [-0.39, 0.29) is 0 Å². The van der Waals surface area contributed by atoms with Crippen LogP contribution in [0.1, 0.15) is 31.6 Å². The maximum absolute atomic E-state index is 5.41. The molecule has 2 aromatic heterocycles. The lowest BCUT2D eigenvalue weighted by Gasteiger charge is -2.11. The summed E-state index contributed by atoms with van der Waals surface area (Å²) in [5.74, 6) is 0.812. The highest BCUT2D eigenvalue weighted by Crippen LogP contribution is 2.23. The van der Waals surface area contributed by atoms with Crippen LogP contribution in [0.3, 0.4) is 0 Å². The van der Waals surface area contributed by atoms with Gasteiger partial charge in [-0.1, -0.05) is 5.16 Å². The molecule has 2 heterocycles. The molecule has 2 rings (SSSR count). The van der Waals surface area contributed by atoms with E-state index in [9.17, 15) is 0 Å². The lowest BCUT2D eigenvalue weighted by Crippen LogP contribution is -2.09. The molecular weight excluding hydrogens is 246 g/mol. The summed E-state index contributed by atoms with van der Waals surface area (Å²) in [4.78, 5) is 8.38. The van der Waals surface area contributed by atoms with Crippen molar-refractivity contribution >= 4 is 0 Å². The Bertz CT molecular complexity index is 521. The summed E-state index contributed by atoms with van der Waals surface area (Å²) < 4.78 is 16.0. The maximum Gasteiger partial charge on any atom is 0.283 e. The minimum absolute atomic E-state index is 0.321. The van der Waals surface area contributed by atoms with Crippen LogP contribution in [0.25, 0.3) is 11.4 Å². The summed E-state index contributed by atoms with van der Waals surface area (Å²) in [5.41, 5.74) is 1.87. The average Bonchev–Trinajstić information content (AvgIpc) is 2.88. The lowest BCUT2D eigenvalue weighted by atomic mass is 10.1. The first kappa shape index (κ1) is 13.6. The molecule has 6 nitrogen and oxygen atoms in total. The van der Waals surface area contributed by atoms with Gasteiger partial charge in [0, 0.05) is 31.2 Å². The second-order valence-electron chi connectivity index (χ2n) is 3.89. The van der Waals surface area contributed by atoms with Gasteiger partial charge in [0.15, 0.2) is 0 Å². The third kappa shape index (κ3) is 3.15. The van der Waals surface area contributed by atoms with Gasteiger partial charge >= 0.3 is 0 Å². The molecule has 0 amide bonds. The largest absolute Gasteiger partial charge is 0.345 e. The average molecular weight is 263 g/mol. The van der Waals surface area contributed by atoms with Crippen LogP contribution >= 0.6 is 0 Å². The summed E-state index contributed by atoms with van der Waals surface area (Å²) in [6, 6.07) is 1.90. The third-order valence-electron chi connectivity index (χ3n) is 2.56. The van der Waals surface area contributed by atoms with Gasteiger partial charge in [-0.05, 0) is 32.4 Å². The number of nitrogens with zero attached hydrogens (tertiary/aromatic N) is 3. The van der Waals surface area contributed by atoms with Crippen LogP contribution in [0, 0.1) is 6.92 Å². The first-order chi connectivity index (χ1) is 9.26. The Morgan fingerprint density at radius 1 is 1.26 bits per heavy atom. The number of aromatic nitrogens is 3. The Balaban J connectivity index is 2.25. The van der Waals surface area contributed by atoms with Crippen molar-refractivity contribution in [2.24, 2.45) is 0 Å². The van der Waals surface area contributed by atoms with Crippen LogP contribution < -0.4 is 0 Å². The van der Waals surface area contributed by atoms with Gasteiger partial charge in [0.05, 0.1) is 0 Å². The molecule has 0 fully saturated rings. The topological polar surface area (TPSA) is 70.3 Å². The Hall–Kier alpha value is -1.79. The van der Waals surface area contributed by atoms with E-state index in [2.05, 4.69) is 15.1 Å². The summed E-state index contributed by atoms with van der Waals surface area (Å²) in [5, 5.41) is 3.95. The SMILES string of the molecule is CCOC(OCC)c1nc(-c2cnccc2C)no1. The van der Waals surface area contributed by atoms with Crippen molar-refractivity contribution in [3.63, 3.8) is 0 Å². The van der Waals surface area contributed by atoms with E-state index in [0.29, 0.717) is 24.9 Å². The zero-order chi connectivity index (χ0) is 13.7. The number of rotatable bonds is 6. The van der Waals surface area contributed by atoms with Crippen molar-refractivity contribution in [3.8, 4) is 11.4 Å². The molecule has 2 aromatic rings. The normalized spacial score (nSPS) is 11.2. The van der Waals surface area contributed by atoms with E-state index in [1.165, 1.54) is 0 Å². The molecule has 0 saturated carbocycles. The number of hydrogen-bond donors (Lipinski definition) is 0. The Kier molecular flexibility index (Phi) is 4.59. The molecule has 0 spiro atoms. The van der Waals surface area contributed by atoms with Crippen LogP contribution in [0.15, 0.2) is 23.0 Å². The molecule has 0 aliphatic heterocycles. The molecule has 0 aliphatic carbocycles. The fraction of sp³-hybridized carbons (Fsp3) is 0.462. The summed E-state index contributed by atoms with van der Waals surface area (Å²) in [6.07, 6.45) is 2.82. The molecule has 0 aromatic carbocycles. The molecule has 0 unspecified atom stereocenters. The molecule has 0 radical (unpaired) electrons. The van der Waals surface area contributed by atoms with E-state index in [1.807, 2.05) is 26.8 Å². The lowest BCUT2D eigenvalue weighted by molar-refractivity contribution is -0.155. The van der Waals surface area contributed by atoms with Gasteiger partial charge in [-0.15, -0.1) is 0 Å². The second kappa shape index (κ2) is 6.40. The fourth-order valence-electron chi connectivity index (χ4n) is 1.63.